The van der Waals surface area contributed by atoms with Crippen molar-refractivity contribution in [1.29, 1.82) is 5.26 Å². The number of aliphatic hydroxyl groups is 1. The second-order valence-corrected chi connectivity index (χ2v) is 11.5. The van der Waals surface area contributed by atoms with Gasteiger partial charge in [-0.3, -0.25) is 4.90 Å². The van der Waals surface area contributed by atoms with Crippen molar-refractivity contribution in [3.63, 3.8) is 0 Å². The summed E-state index contributed by atoms with van der Waals surface area (Å²) >= 11 is 0. The molecule has 42 heavy (non-hydrogen) atoms. The molecule has 0 spiro atoms. The number of rotatable bonds is 7. The Morgan fingerprint density at radius 3 is 2.64 bits per heavy atom. The van der Waals surface area contributed by atoms with E-state index in [1.165, 1.54) is 0 Å². The predicted molar refractivity (Wildman–Crippen MR) is 158 cm³/mol. The van der Waals surface area contributed by atoms with Gasteiger partial charge in [0.15, 0.2) is 0 Å². The Bertz CT molecular complexity index is 1700. The van der Waals surface area contributed by atoms with Crippen LogP contribution in [0, 0.1) is 23.2 Å². The number of fused-ring (bicyclic) bond motifs is 3. The number of nitrogens with zero attached hydrogens (tertiary/aromatic N) is 7. The molecule has 4 aromatic heterocycles. The lowest BCUT2D eigenvalue weighted by atomic mass is 9.85. The highest BCUT2D eigenvalue weighted by atomic mass is 16.5. The number of ether oxygens (including phenoxy) is 2. The third-order valence-electron chi connectivity index (χ3n) is 7.75. The molecule has 1 N–H and O–H groups in total. The summed E-state index contributed by atoms with van der Waals surface area (Å²) in [7, 11) is 1.61. The van der Waals surface area contributed by atoms with Crippen LogP contribution in [0.5, 0.6) is 11.6 Å². The van der Waals surface area contributed by atoms with E-state index in [9.17, 15) is 10.4 Å². The summed E-state index contributed by atoms with van der Waals surface area (Å²) in [5.74, 6) is 8.72. The molecule has 0 saturated carbocycles. The van der Waals surface area contributed by atoms with Crippen LogP contribution in [0.15, 0.2) is 55.1 Å². The van der Waals surface area contributed by atoms with E-state index < -0.39 is 5.60 Å². The van der Waals surface area contributed by atoms with Crippen LogP contribution in [0.4, 0.5) is 5.82 Å². The quantitative estimate of drug-likeness (QED) is 0.338. The van der Waals surface area contributed by atoms with Crippen LogP contribution < -0.4 is 14.4 Å². The monoisotopic (exact) mass is 563 g/mol. The van der Waals surface area contributed by atoms with Crippen molar-refractivity contribution in [1.82, 2.24) is 24.5 Å². The number of pyridine rings is 3. The second kappa shape index (κ2) is 11.0. The molecule has 3 fully saturated rings. The number of hydrogen-bond donors (Lipinski definition) is 1. The molecule has 0 aromatic carbocycles. The smallest absolute Gasteiger partial charge is 0.214 e. The zero-order valence-electron chi connectivity index (χ0n) is 24.2. The Morgan fingerprint density at radius 2 is 1.95 bits per heavy atom. The first-order valence-electron chi connectivity index (χ1n) is 14.0. The van der Waals surface area contributed by atoms with E-state index in [-0.39, 0.29) is 12.6 Å². The molecule has 2 bridgehead atoms. The van der Waals surface area contributed by atoms with Gasteiger partial charge in [0.2, 0.25) is 5.88 Å². The predicted octanol–water partition coefficient (Wildman–Crippen LogP) is 3.52. The first kappa shape index (κ1) is 27.5. The lowest BCUT2D eigenvalue weighted by molar-refractivity contribution is -0.0159. The van der Waals surface area contributed by atoms with Crippen molar-refractivity contribution in [3.05, 3.63) is 66.2 Å². The highest BCUT2D eigenvalue weighted by Gasteiger charge is 2.46. The first-order chi connectivity index (χ1) is 20.2. The minimum atomic E-state index is -0.983. The molecule has 0 radical (unpaired) electrons. The highest BCUT2D eigenvalue weighted by molar-refractivity contribution is 5.85. The molecule has 3 saturated heterocycles. The van der Waals surface area contributed by atoms with Crippen molar-refractivity contribution in [2.45, 2.75) is 50.9 Å². The first-order valence-corrected chi connectivity index (χ1v) is 14.0. The molecular formula is C32H33N7O3. The Morgan fingerprint density at radius 1 is 1.14 bits per heavy atom. The number of anilines is 1. The number of methoxy groups -OCH3 is 1. The lowest BCUT2D eigenvalue weighted by Gasteiger charge is -2.58. The molecule has 3 unspecified atom stereocenters. The largest absolute Gasteiger partial charge is 0.489 e. The summed E-state index contributed by atoms with van der Waals surface area (Å²) in [5, 5.41) is 24.1. The van der Waals surface area contributed by atoms with Gasteiger partial charge in [0, 0.05) is 60.3 Å². The van der Waals surface area contributed by atoms with Gasteiger partial charge in [-0.15, -0.1) is 0 Å². The Hall–Kier alpha value is -4.64. The van der Waals surface area contributed by atoms with E-state index in [0.29, 0.717) is 34.8 Å². The van der Waals surface area contributed by atoms with Gasteiger partial charge in [0.05, 0.1) is 42.2 Å². The van der Waals surface area contributed by atoms with E-state index in [1.807, 2.05) is 36.5 Å². The van der Waals surface area contributed by atoms with E-state index in [0.717, 1.165) is 42.0 Å². The Kier molecular flexibility index (Phi) is 7.19. The molecule has 7 heterocycles. The van der Waals surface area contributed by atoms with Crippen molar-refractivity contribution >= 4 is 11.3 Å². The summed E-state index contributed by atoms with van der Waals surface area (Å²) in [5.41, 5.74) is 2.73. The SMILES string of the molecule is COc1cc(C#CC(C)N2C3CC2CN(c2ccc(-c4cc(OCC(C)(C)O)cn5ncc(C#N)c45)cn2)C3)ccn1. The van der Waals surface area contributed by atoms with Gasteiger partial charge in [0.1, 0.15) is 24.2 Å². The van der Waals surface area contributed by atoms with Gasteiger partial charge in [-0.2, -0.15) is 10.4 Å². The fraction of sp³-hybridized carbons (Fsp3) is 0.375. The van der Waals surface area contributed by atoms with Crippen LogP contribution in [0.3, 0.4) is 0 Å². The van der Waals surface area contributed by atoms with E-state index in [1.54, 1.807) is 44.1 Å². The summed E-state index contributed by atoms with van der Waals surface area (Å²) < 4.78 is 12.7. The standard InChI is InChI=1S/C32H33N7O3/c1-21(5-6-22-9-10-34-30(11-22)41-4)39-25-12-26(39)18-37(17-25)29-8-7-23(15-35-29)28-13-27(42-20-32(2,3)40)19-38-31(28)24(14-33)16-36-38/h7-11,13,15-16,19,21,25-26,40H,12,17-18,20H2,1-4H3. The molecule has 7 rings (SSSR count). The zero-order chi connectivity index (χ0) is 29.4. The lowest BCUT2D eigenvalue weighted by Crippen LogP contribution is -2.70. The van der Waals surface area contributed by atoms with Crippen LogP contribution in [-0.2, 0) is 0 Å². The van der Waals surface area contributed by atoms with Crippen LogP contribution >= 0.6 is 0 Å². The van der Waals surface area contributed by atoms with E-state index >= 15 is 0 Å². The molecule has 10 nitrogen and oxygen atoms in total. The van der Waals surface area contributed by atoms with Gasteiger partial charge in [-0.1, -0.05) is 11.8 Å². The minimum absolute atomic E-state index is 0.124. The molecule has 3 atom stereocenters. The zero-order valence-corrected chi connectivity index (χ0v) is 24.2. The number of aromatic nitrogens is 4. The molecule has 4 aromatic rings. The molecule has 0 amide bonds. The maximum atomic E-state index is 10.1. The van der Waals surface area contributed by atoms with E-state index in [2.05, 4.69) is 44.7 Å². The highest BCUT2D eigenvalue weighted by Crippen LogP contribution is 2.37. The average molecular weight is 564 g/mol. The second-order valence-electron chi connectivity index (χ2n) is 11.5. The van der Waals surface area contributed by atoms with E-state index in [4.69, 9.17) is 14.5 Å². The Labute approximate surface area is 245 Å². The normalized spacial score (nSPS) is 18.9. The third kappa shape index (κ3) is 5.47. The molecule has 214 valence electrons. The van der Waals surface area contributed by atoms with Crippen molar-refractivity contribution < 1.29 is 14.6 Å². The average Bonchev–Trinajstić information content (AvgIpc) is 3.41. The summed E-state index contributed by atoms with van der Waals surface area (Å²) in [6.45, 7) is 7.45. The molecule has 3 aliphatic rings. The summed E-state index contributed by atoms with van der Waals surface area (Å²) in [6.07, 6.45) is 7.99. The van der Waals surface area contributed by atoms with Crippen LogP contribution in [0.1, 0.15) is 38.3 Å². The summed E-state index contributed by atoms with van der Waals surface area (Å²) in [4.78, 5) is 13.8. The molecule has 0 aliphatic carbocycles. The van der Waals surface area contributed by atoms with Crippen molar-refractivity contribution in [2.24, 2.45) is 0 Å². The number of piperazine rings is 1. The molecule has 3 aliphatic heterocycles. The van der Waals surface area contributed by atoms with Gasteiger partial charge in [-0.25, -0.2) is 14.5 Å². The maximum absolute atomic E-state index is 10.1. The summed E-state index contributed by atoms with van der Waals surface area (Å²) in [6, 6.07) is 12.9. The molecular weight excluding hydrogens is 530 g/mol. The fourth-order valence-corrected chi connectivity index (χ4v) is 5.79. The topological polar surface area (TPSA) is 112 Å². The van der Waals surface area contributed by atoms with Crippen molar-refractivity contribution in [2.75, 3.05) is 31.7 Å². The fourth-order valence-electron chi connectivity index (χ4n) is 5.79. The number of hydrogen-bond acceptors (Lipinski definition) is 9. The third-order valence-corrected chi connectivity index (χ3v) is 7.75. The minimum Gasteiger partial charge on any atom is -0.489 e. The van der Waals surface area contributed by atoms with Gasteiger partial charge in [0.25, 0.3) is 0 Å². The van der Waals surface area contributed by atoms with Crippen LogP contribution in [-0.4, -0.2) is 80.1 Å². The van der Waals surface area contributed by atoms with Crippen molar-refractivity contribution in [3.8, 4) is 40.7 Å². The van der Waals surface area contributed by atoms with Gasteiger partial charge >= 0.3 is 0 Å². The maximum Gasteiger partial charge on any atom is 0.214 e. The van der Waals surface area contributed by atoms with Gasteiger partial charge in [-0.05, 0) is 51.5 Å². The Balaban J connectivity index is 1.17. The van der Waals surface area contributed by atoms with Gasteiger partial charge < -0.3 is 19.5 Å². The number of piperidine rings is 1. The number of nitriles is 1. The van der Waals surface area contributed by atoms with Crippen LogP contribution in [0.25, 0.3) is 16.6 Å². The molecule has 10 heteroatoms. The van der Waals surface area contributed by atoms with Crippen LogP contribution in [0.2, 0.25) is 0 Å².